The fraction of sp³-hybridized carbons (Fsp3) is 0.333. The maximum atomic E-state index is 10.5. The van der Waals surface area contributed by atoms with Crippen LogP contribution in [-0.4, -0.2) is 34.4 Å². The van der Waals surface area contributed by atoms with E-state index >= 15 is 0 Å². The third kappa shape index (κ3) is 2.81. The van der Waals surface area contributed by atoms with Crippen molar-refractivity contribution in [3.05, 3.63) is 22.8 Å². The van der Waals surface area contributed by atoms with Gasteiger partial charge in [-0.1, -0.05) is 11.6 Å². The third-order valence-corrected chi connectivity index (χ3v) is 2.19. The van der Waals surface area contributed by atoms with E-state index in [1.54, 1.807) is 0 Å². The highest BCUT2D eigenvalue weighted by Crippen LogP contribution is 2.25. The average molecular weight is 232 g/mol. The quantitative estimate of drug-likeness (QED) is 0.799. The van der Waals surface area contributed by atoms with E-state index in [4.69, 9.17) is 21.4 Å². The second kappa shape index (κ2) is 4.95. The molecule has 1 aromatic heterocycles. The van der Waals surface area contributed by atoms with Gasteiger partial charge < -0.3 is 14.9 Å². The highest BCUT2D eigenvalue weighted by Gasteiger charge is 2.19. The Bertz CT molecular complexity index is 369. The first kappa shape index (κ1) is 11.7. The molecule has 0 aliphatic heterocycles. The fourth-order valence-corrected chi connectivity index (χ4v) is 1.31. The summed E-state index contributed by atoms with van der Waals surface area (Å²) in [4.78, 5) is 14.3. The van der Waals surface area contributed by atoms with Crippen LogP contribution in [0.2, 0.25) is 5.02 Å². The molecular formula is C9H10ClNO4. The van der Waals surface area contributed by atoms with Crippen LogP contribution in [0.25, 0.3) is 0 Å². The minimum atomic E-state index is -1.51. The van der Waals surface area contributed by atoms with Gasteiger partial charge in [0, 0.05) is 18.2 Å². The Morgan fingerprint density at radius 1 is 1.73 bits per heavy atom. The van der Waals surface area contributed by atoms with Crippen molar-refractivity contribution in [1.29, 1.82) is 0 Å². The molecule has 0 spiro atoms. The van der Waals surface area contributed by atoms with Crippen molar-refractivity contribution in [3.8, 4) is 5.88 Å². The summed E-state index contributed by atoms with van der Waals surface area (Å²) in [6, 6.07) is 1.51. The predicted octanol–water partition coefficient (Wildman–Crippen LogP) is 0.732. The molecule has 0 amide bonds. The molecule has 1 aromatic rings. The lowest BCUT2D eigenvalue weighted by molar-refractivity contribution is -0.146. The maximum Gasteiger partial charge on any atom is 0.332 e. The van der Waals surface area contributed by atoms with Crippen LogP contribution in [0, 0.1) is 0 Å². The topological polar surface area (TPSA) is 79.7 Å². The maximum absolute atomic E-state index is 10.5. The minimum Gasteiger partial charge on any atom is -0.481 e. The first-order chi connectivity index (χ1) is 7.06. The second-order valence-electron chi connectivity index (χ2n) is 2.84. The first-order valence-corrected chi connectivity index (χ1v) is 4.52. The molecule has 0 aliphatic rings. The average Bonchev–Trinajstić information content (AvgIpc) is 2.20. The fourth-order valence-electron chi connectivity index (χ4n) is 1.09. The van der Waals surface area contributed by atoms with Crippen molar-refractivity contribution < 1.29 is 19.7 Å². The Balaban J connectivity index is 2.97. The lowest BCUT2D eigenvalue weighted by Gasteiger charge is -2.10. The Morgan fingerprint density at radius 3 is 2.93 bits per heavy atom. The molecule has 0 fully saturated rings. The molecule has 82 valence electrons. The number of aliphatic carboxylic acids is 1. The number of methoxy groups -OCH3 is 1. The van der Waals surface area contributed by atoms with Crippen LogP contribution >= 0.6 is 11.6 Å². The van der Waals surface area contributed by atoms with E-state index in [9.17, 15) is 9.90 Å². The molecule has 1 unspecified atom stereocenters. The molecular weight excluding hydrogens is 222 g/mol. The summed E-state index contributed by atoms with van der Waals surface area (Å²) in [5.74, 6) is -1.08. The molecule has 0 aliphatic carbocycles. The number of hydrogen-bond donors (Lipinski definition) is 2. The Hall–Kier alpha value is -1.33. The van der Waals surface area contributed by atoms with Crippen LogP contribution in [0.3, 0.4) is 0 Å². The van der Waals surface area contributed by atoms with Crippen molar-refractivity contribution in [1.82, 2.24) is 4.98 Å². The van der Waals surface area contributed by atoms with Gasteiger partial charge in [0.1, 0.15) is 0 Å². The standard InChI is InChI=1S/C9H10ClNO4/c1-15-8-5(4-7(12)9(13)14)6(10)2-3-11-8/h2-3,7,12H,4H2,1H3,(H,13,14). The zero-order chi connectivity index (χ0) is 11.4. The second-order valence-corrected chi connectivity index (χ2v) is 3.25. The van der Waals surface area contributed by atoms with E-state index < -0.39 is 12.1 Å². The van der Waals surface area contributed by atoms with E-state index in [0.717, 1.165) is 0 Å². The molecule has 1 atom stereocenters. The van der Waals surface area contributed by atoms with Crippen LogP contribution in [-0.2, 0) is 11.2 Å². The van der Waals surface area contributed by atoms with Crippen molar-refractivity contribution in [2.75, 3.05) is 7.11 Å². The molecule has 0 saturated carbocycles. The molecule has 0 saturated heterocycles. The van der Waals surface area contributed by atoms with Crippen molar-refractivity contribution >= 4 is 17.6 Å². The SMILES string of the molecule is COc1nccc(Cl)c1CC(O)C(=O)O. The van der Waals surface area contributed by atoms with Crippen LogP contribution in [0.4, 0.5) is 0 Å². The molecule has 0 aromatic carbocycles. The van der Waals surface area contributed by atoms with Gasteiger partial charge in [-0.15, -0.1) is 0 Å². The van der Waals surface area contributed by atoms with Gasteiger partial charge in [-0.05, 0) is 6.07 Å². The van der Waals surface area contributed by atoms with Gasteiger partial charge in [0.2, 0.25) is 5.88 Å². The van der Waals surface area contributed by atoms with E-state index in [1.165, 1.54) is 19.4 Å². The number of rotatable bonds is 4. The van der Waals surface area contributed by atoms with Crippen LogP contribution < -0.4 is 4.74 Å². The number of carboxylic acids is 1. The van der Waals surface area contributed by atoms with Gasteiger partial charge >= 0.3 is 5.97 Å². The van der Waals surface area contributed by atoms with Gasteiger partial charge in [0.25, 0.3) is 0 Å². The van der Waals surface area contributed by atoms with E-state index in [-0.39, 0.29) is 12.3 Å². The monoisotopic (exact) mass is 231 g/mol. The molecule has 1 heterocycles. The predicted molar refractivity (Wildman–Crippen MR) is 53.1 cm³/mol. The lowest BCUT2D eigenvalue weighted by Crippen LogP contribution is -2.22. The summed E-state index contributed by atoms with van der Waals surface area (Å²) in [5.41, 5.74) is 0.386. The Labute approximate surface area is 91.3 Å². The van der Waals surface area contributed by atoms with Gasteiger partial charge in [-0.2, -0.15) is 0 Å². The zero-order valence-corrected chi connectivity index (χ0v) is 8.73. The zero-order valence-electron chi connectivity index (χ0n) is 7.98. The smallest absolute Gasteiger partial charge is 0.332 e. The summed E-state index contributed by atoms with van der Waals surface area (Å²) in [6.45, 7) is 0. The molecule has 15 heavy (non-hydrogen) atoms. The van der Waals surface area contributed by atoms with E-state index in [1.807, 2.05) is 0 Å². The van der Waals surface area contributed by atoms with Gasteiger partial charge in [0.15, 0.2) is 6.10 Å². The highest BCUT2D eigenvalue weighted by molar-refractivity contribution is 6.31. The van der Waals surface area contributed by atoms with Gasteiger partial charge in [-0.3, -0.25) is 0 Å². The Kier molecular flexibility index (Phi) is 3.88. The molecule has 0 bridgehead atoms. The molecule has 2 N–H and O–H groups in total. The summed E-state index contributed by atoms with van der Waals surface area (Å²) < 4.78 is 4.91. The highest BCUT2D eigenvalue weighted by atomic mass is 35.5. The van der Waals surface area contributed by atoms with Crippen molar-refractivity contribution in [2.45, 2.75) is 12.5 Å². The molecule has 6 heteroatoms. The number of aliphatic hydroxyl groups excluding tert-OH is 1. The number of aromatic nitrogens is 1. The first-order valence-electron chi connectivity index (χ1n) is 4.14. The summed E-state index contributed by atoms with van der Waals surface area (Å²) in [6.07, 6.45) is -0.205. The number of carbonyl (C=O) groups is 1. The molecule has 0 radical (unpaired) electrons. The summed E-state index contributed by atoms with van der Waals surface area (Å²) >= 11 is 5.83. The van der Waals surface area contributed by atoms with Crippen LogP contribution in [0.5, 0.6) is 5.88 Å². The van der Waals surface area contributed by atoms with Crippen LogP contribution in [0.1, 0.15) is 5.56 Å². The van der Waals surface area contributed by atoms with Gasteiger partial charge in [0.05, 0.1) is 12.1 Å². The Morgan fingerprint density at radius 2 is 2.40 bits per heavy atom. The number of nitrogens with zero attached hydrogens (tertiary/aromatic N) is 1. The van der Waals surface area contributed by atoms with Crippen molar-refractivity contribution in [2.24, 2.45) is 0 Å². The largest absolute Gasteiger partial charge is 0.481 e. The molecule has 1 rings (SSSR count). The van der Waals surface area contributed by atoms with Crippen molar-refractivity contribution in [3.63, 3.8) is 0 Å². The van der Waals surface area contributed by atoms with Gasteiger partial charge in [-0.25, -0.2) is 9.78 Å². The number of ether oxygens (including phenoxy) is 1. The van der Waals surface area contributed by atoms with E-state index in [2.05, 4.69) is 4.98 Å². The summed E-state index contributed by atoms with van der Waals surface area (Å²) in [7, 11) is 1.40. The number of aliphatic hydroxyl groups is 1. The van der Waals surface area contributed by atoms with Crippen LogP contribution in [0.15, 0.2) is 12.3 Å². The number of hydrogen-bond acceptors (Lipinski definition) is 4. The van der Waals surface area contributed by atoms with E-state index in [0.29, 0.717) is 10.6 Å². The molecule has 5 nitrogen and oxygen atoms in total. The normalized spacial score (nSPS) is 12.2. The number of halogens is 1. The minimum absolute atomic E-state index is 0.134. The lowest BCUT2D eigenvalue weighted by atomic mass is 10.1. The number of carboxylic acid groups (broad SMARTS) is 1. The third-order valence-electron chi connectivity index (χ3n) is 1.83. The summed E-state index contributed by atoms with van der Waals surface area (Å²) in [5, 5.41) is 18.0. The number of pyridine rings is 1.